The van der Waals surface area contributed by atoms with Crippen LogP contribution in [-0.4, -0.2) is 35.3 Å². The molecule has 158 valence electrons. The average Bonchev–Trinajstić information content (AvgIpc) is 3.40. The van der Waals surface area contributed by atoms with Crippen LogP contribution < -0.4 is 10.2 Å². The molecule has 4 nitrogen and oxygen atoms in total. The first kappa shape index (κ1) is 19.6. The van der Waals surface area contributed by atoms with Crippen LogP contribution in [0.25, 0.3) is 10.2 Å². The van der Waals surface area contributed by atoms with E-state index in [0.717, 1.165) is 67.0 Å². The van der Waals surface area contributed by atoms with Gasteiger partial charge in [0, 0.05) is 29.7 Å². The standard InChI is InChI=1S/C22H23F3N4S/c23-22(24,25)12-17-10-18-19(26-14-27-20(18)30-17)29-9-8-21(13-29)7-6-16(11-21)28-15-4-2-1-3-5-15/h1-5,10,14,16,28H,6-9,11-13H2/t16-,21+/m0/s1. The summed E-state index contributed by atoms with van der Waals surface area (Å²) in [6.07, 6.45) is 0.841. The molecule has 1 aliphatic carbocycles. The van der Waals surface area contributed by atoms with E-state index in [0.29, 0.717) is 15.7 Å². The molecule has 1 aliphatic heterocycles. The van der Waals surface area contributed by atoms with E-state index in [1.165, 1.54) is 6.33 Å². The zero-order valence-corrected chi connectivity index (χ0v) is 17.3. The molecule has 2 aromatic heterocycles. The number of halogens is 3. The minimum absolute atomic E-state index is 0.245. The first-order valence-electron chi connectivity index (χ1n) is 10.3. The van der Waals surface area contributed by atoms with Crippen LogP contribution in [0.15, 0.2) is 42.7 Å². The molecule has 3 heterocycles. The number of anilines is 2. The monoisotopic (exact) mass is 432 g/mol. The third-order valence-electron chi connectivity index (χ3n) is 6.32. The molecule has 0 radical (unpaired) electrons. The number of hydrogen-bond acceptors (Lipinski definition) is 5. The molecule has 0 unspecified atom stereocenters. The summed E-state index contributed by atoms with van der Waals surface area (Å²) in [4.78, 5) is 11.9. The number of aromatic nitrogens is 2. The van der Waals surface area contributed by atoms with Gasteiger partial charge in [0.05, 0.1) is 11.8 Å². The van der Waals surface area contributed by atoms with Crippen molar-refractivity contribution in [1.29, 1.82) is 0 Å². The fraction of sp³-hybridized carbons (Fsp3) is 0.455. The van der Waals surface area contributed by atoms with Gasteiger partial charge in [-0.05, 0) is 49.3 Å². The summed E-state index contributed by atoms with van der Waals surface area (Å²) in [6.45, 7) is 1.78. The van der Waals surface area contributed by atoms with Crippen LogP contribution in [-0.2, 0) is 6.42 Å². The SMILES string of the molecule is FC(F)(F)Cc1cc2c(N3CC[C@@]4(CC[C@H](Nc5ccccc5)C4)C3)ncnc2s1. The second-order valence-electron chi connectivity index (χ2n) is 8.54. The lowest BCUT2D eigenvalue weighted by atomic mass is 9.85. The maximum atomic E-state index is 12.8. The number of rotatable bonds is 4. The van der Waals surface area contributed by atoms with Crippen molar-refractivity contribution in [3.63, 3.8) is 0 Å². The molecule has 1 spiro atoms. The molecule has 1 N–H and O–H groups in total. The van der Waals surface area contributed by atoms with Crippen LogP contribution >= 0.6 is 11.3 Å². The topological polar surface area (TPSA) is 41.0 Å². The summed E-state index contributed by atoms with van der Waals surface area (Å²) in [5, 5.41) is 4.40. The summed E-state index contributed by atoms with van der Waals surface area (Å²) in [7, 11) is 0. The highest BCUT2D eigenvalue weighted by molar-refractivity contribution is 7.18. The van der Waals surface area contributed by atoms with Gasteiger partial charge in [-0.1, -0.05) is 18.2 Å². The summed E-state index contributed by atoms with van der Waals surface area (Å²) in [6, 6.07) is 12.4. The van der Waals surface area contributed by atoms with Crippen molar-refractivity contribution < 1.29 is 13.2 Å². The Morgan fingerprint density at radius 3 is 2.80 bits per heavy atom. The second-order valence-corrected chi connectivity index (χ2v) is 9.66. The van der Waals surface area contributed by atoms with Crippen molar-refractivity contribution >= 4 is 33.1 Å². The first-order valence-corrected chi connectivity index (χ1v) is 11.1. The maximum Gasteiger partial charge on any atom is 0.393 e. The van der Waals surface area contributed by atoms with Crippen LogP contribution in [0, 0.1) is 5.41 Å². The van der Waals surface area contributed by atoms with Gasteiger partial charge < -0.3 is 10.2 Å². The molecule has 1 saturated carbocycles. The van der Waals surface area contributed by atoms with E-state index in [9.17, 15) is 13.2 Å². The molecule has 8 heteroatoms. The van der Waals surface area contributed by atoms with Gasteiger partial charge in [-0.3, -0.25) is 0 Å². The maximum absolute atomic E-state index is 12.8. The lowest BCUT2D eigenvalue weighted by Crippen LogP contribution is -2.27. The van der Waals surface area contributed by atoms with Crippen LogP contribution in [0.5, 0.6) is 0 Å². The number of thiophene rings is 1. The number of nitrogens with zero attached hydrogens (tertiary/aromatic N) is 3. The van der Waals surface area contributed by atoms with E-state index in [1.807, 2.05) is 18.2 Å². The van der Waals surface area contributed by atoms with Gasteiger partial charge in [0.25, 0.3) is 0 Å². The highest BCUT2D eigenvalue weighted by Crippen LogP contribution is 2.48. The van der Waals surface area contributed by atoms with Crippen LogP contribution in [0.4, 0.5) is 24.7 Å². The molecular formula is C22H23F3N4S. The summed E-state index contributed by atoms with van der Waals surface area (Å²) >= 11 is 1.11. The smallest absolute Gasteiger partial charge is 0.382 e. The van der Waals surface area contributed by atoms with E-state index in [2.05, 4.69) is 32.3 Å². The van der Waals surface area contributed by atoms with E-state index in [1.54, 1.807) is 6.07 Å². The van der Waals surface area contributed by atoms with E-state index in [4.69, 9.17) is 0 Å². The lowest BCUT2D eigenvalue weighted by Gasteiger charge is -2.25. The quantitative estimate of drug-likeness (QED) is 0.578. The number of alkyl halides is 3. The fourth-order valence-electron chi connectivity index (χ4n) is 5.02. The number of para-hydroxylation sites is 1. The summed E-state index contributed by atoms with van der Waals surface area (Å²) in [5.74, 6) is 0.779. The van der Waals surface area contributed by atoms with Crippen molar-refractivity contribution in [3.05, 3.63) is 47.6 Å². The highest BCUT2D eigenvalue weighted by Gasteiger charge is 2.44. The molecule has 1 aromatic carbocycles. The van der Waals surface area contributed by atoms with Crippen molar-refractivity contribution in [1.82, 2.24) is 9.97 Å². The van der Waals surface area contributed by atoms with Gasteiger partial charge in [0.1, 0.15) is 17.0 Å². The molecule has 0 bridgehead atoms. The Morgan fingerprint density at radius 2 is 2.00 bits per heavy atom. The minimum atomic E-state index is -4.21. The normalized spacial score (nSPS) is 24.2. The molecule has 1 saturated heterocycles. The Bertz CT molecular complexity index is 1040. The van der Waals surface area contributed by atoms with Gasteiger partial charge in [0.15, 0.2) is 0 Å². The van der Waals surface area contributed by atoms with Crippen LogP contribution in [0.3, 0.4) is 0 Å². The van der Waals surface area contributed by atoms with Crippen molar-refractivity contribution in [2.24, 2.45) is 5.41 Å². The van der Waals surface area contributed by atoms with Crippen LogP contribution in [0.1, 0.15) is 30.6 Å². The molecule has 2 fully saturated rings. The molecule has 0 amide bonds. The van der Waals surface area contributed by atoms with Gasteiger partial charge in [-0.25, -0.2) is 9.97 Å². The van der Waals surface area contributed by atoms with Crippen molar-refractivity contribution in [3.8, 4) is 0 Å². The number of hydrogen-bond donors (Lipinski definition) is 1. The Balaban J connectivity index is 1.32. The molecule has 5 rings (SSSR count). The first-order chi connectivity index (χ1) is 14.4. The van der Waals surface area contributed by atoms with E-state index < -0.39 is 12.6 Å². The van der Waals surface area contributed by atoms with Crippen molar-refractivity contribution in [2.75, 3.05) is 23.3 Å². The predicted molar refractivity (Wildman–Crippen MR) is 114 cm³/mol. The average molecular weight is 433 g/mol. The molecule has 3 aromatic rings. The number of fused-ring (bicyclic) bond motifs is 1. The largest absolute Gasteiger partial charge is 0.393 e. The number of benzene rings is 1. The summed E-state index contributed by atoms with van der Waals surface area (Å²) < 4.78 is 38.5. The van der Waals surface area contributed by atoms with E-state index >= 15 is 0 Å². The minimum Gasteiger partial charge on any atom is -0.382 e. The van der Waals surface area contributed by atoms with Gasteiger partial charge >= 0.3 is 6.18 Å². The number of nitrogens with one attached hydrogen (secondary N) is 1. The Hall–Kier alpha value is -2.35. The van der Waals surface area contributed by atoms with Gasteiger partial charge in [-0.2, -0.15) is 13.2 Å². The van der Waals surface area contributed by atoms with Crippen LogP contribution in [0.2, 0.25) is 0 Å². The Kier molecular flexibility index (Phi) is 4.84. The zero-order chi connectivity index (χ0) is 20.8. The fourth-order valence-corrected chi connectivity index (χ4v) is 6.04. The van der Waals surface area contributed by atoms with Gasteiger partial charge in [0.2, 0.25) is 0 Å². The lowest BCUT2D eigenvalue weighted by molar-refractivity contribution is -0.126. The molecular weight excluding hydrogens is 409 g/mol. The van der Waals surface area contributed by atoms with Gasteiger partial charge in [-0.15, -0.1) is 11.3 Å². The van der Waals surface area contributed by atoms with Crippen molar-refractivity contribution in [2.45, 2.75) is 44.3 Å². The Morgan fingerprint density at radius 1 is 1.17 bits per heavy atom. The van der Waals surface area contributed by atoms with E-state index in [-0.39, 0.29) is 5.41 Å². The predicted octanol–water partition coefficient (Wildman–Crippen LogP) is 5.66. The molecule has 30 heavy (non-hydrogen) atoms. The second kappa shape index (κ2) is 7.41. The Labute approximate surface area is 177 Å². The molecule has 2 atom stereocenters. The zero-order valence-electron chi connectivity index (χ0n) is 16.5. The summed E-state index contributed by atoms with van der Waals surface area (Å²) in [5.41, 5.74) is 1.40. The third kappa shape index (κ3) is 3.97. The molecule has 2 aliphatic rings. The highest BCUT2D eigenvalue weighted by atomic mass is 32.1. The third-order valence-corrected chi connectivity index (χ3v) is 7.36.